The van der Waals surface area contributed by atoms with Crippen LogP contribution in [0.1, 0.15) is 13.3 Å². The van der Waals surface area contributed by atoms with Crippen molar-refractivity contribution in [2.45, 2.75) is 13.3 Å². The van der Waals surface area contributed by atoms with Crippen LogP contribution in [0.15, 0.2) is 35.9 Å². The molecule has 0 saturated carbocycles. The number of benzene rings is 1. The molecule has 0 aliphatic carbocycles. The van der Waals surface area contributed by atoms with Crippen molar-refractivity contribution in [2.75, 3.05) is 19.0 Å². The van der Waals surface area contributed by atoms with Gasteiger partial charge < -0.3 is 10.1 Å². The van der Waals surface area contributed by atoms with Crippen LogP contribution >= 0.6 is 22.6 Å². The molecule has 1 aromatic rings. The van der Waals surface area contributed by atoms with Crippen LogP contribution in [-0.4, -0.2) is 19.6 Å². The van der Waals surface area contributed by atoms with Gasteiger partial charge in [-0.15, -0.1) is 0 Å². The summed E-state index contributed by atoms with van der Waals surface area (Å²) in [6.07, 6.45) is 2.55. The summed E-state index contributed by atoms with van der Waals surface area (Å²) in [5.41, 5.74) is 1.74. The van der Waals surface area contributed by atoms with Gasteiger partial charge >= 0.3 is 5.97 Å². The molecule has 1 rings (SSSR count). The first-order valence-electron chi connectivity index (χ1n) is 5.44. The van der Waals surface area contributed by atoms with Crippen LogP contribution in [0.5, 0.6) is 0 Å². The Bertz CT molecular complexity index is 398. The molecule has 0 saturated heterocycles. The standard InChI is InChI=1S/C13H16INO2/c1-3-10(13(16)17-2)8-9-15-12-6-4-11(14)5-7-12/h4-8,15H,3,9H2,1-2H3/b10-8-. The number of carbonyl (C=O) groups excluding carboxylic acids is 1. The molecule has 0 radical (unpaired) electrons. The first-order valence-corrected chi connectivity index (χ1v) is 6.52. The molecule has 3 nitrogen and oxygen atoms in total. The molecule has 17 heavy (non-hydrogen) atoms. The van der Waals surface area contributed by atoms with Gasteiger partial charge in [-0.05, 0) is 53.3 Å². The van der Waals surface area contributed by atoms with Crippen molar-refractivity contribution >= 4 is 34.2 Å². The zero-order valence-electron chi connectivity index (χ0n) is 10.00. The van der Waals surface area contributed by atoms with Gasteiger partial charge in [0.15, 0.2) is 0 Å². The summed E-state index contributed by atoms with van der Waals surface area (Å²) in [7, 11) is 1.40. The molecule has 0 unspecified atom stereocenters. The minimum Gasteiger partial charge on any atom is -0.466 e. The minimum absolute atomic E-state index is 0.253. The number of esters is 1. The maximum absolute atomic E-state index is 11.3. The molecule has 0 aliphatic rings. The highest BCUT2D eigenvalue weighted by Gasteiger charge is 2.05. The minimum atomic E-state index is -0.253. The largest absolute Gasteiger partial charge is 0.466 e. The Morgan fingerprint density at radius 2 is 2.06 bits per heavy atom. The second kappa shape index (κ2) is 7.32. The first kappa shape index (κ1) is 14.0. The van der Waals surface area contributed by atoms with E-state index in [0.29, 0.717) is 18.5 Å². The van der Waals surface area contributed by atoms with E-state index in [2.05, 4.69) is 32.6 Å². The number of hydrogen-bond acceptors (Lipinski definition) is 3. The Kier molecular flexibility index (Phi) is 6.04. The Morgan fingerprint density at radius 3 is 2.59 bits per heavy atom. The van der Waals surface area contributed by atoms with E-state index in [0.717, 1.165) is 5.69 Å². The summed E-state index contributed by atoms with van der Waals surface area (Å²) in [6, 6.07) is 8.10. The summed E-state index contributed by atoms with van der Waals surface area (Å²) in [5, 5.41) is 3.23. The molecular formula is C13H16INO2. The van der Waals surface area contributed by atoms with Gasteiger partial charge in [-0.25, -0.2) is 4.79 Å². The number of hydrogen-bond donors (Lipinski definition) is 1. The number of carbonyl (C=O) groups is 1. The van der Waals surface area contributed by atoms with Crippen molar-refractivity contribution < 1.29 is 9.53 Å². The lowest BCUT2D eigenvalue weighted by Gasteiger charge is -2.05. The van der Waals surface area contributed by atoms with Gasteiger partial charge in [-0.1, -0.05) is 13.0 Å². The molecule has 0 aliphatic heterocycles. The molecule has 1 N–H and O–H groups in total. The van der Waals surface area contributed by atoms with Gasteiger partial charge in [0.05, 0.1) is 7.11 Å². The average Bonchev–Trinajstić information content (AvgIpc) is 2.36. The normalized spacial score (nSPS) is 11.1. The number of ether oxygens (including phenoxy) is 1. The van der Waals surface area contributed by atoms with Crippen molar-refractivity contribution in [3.8, 4) is 0 Å². The summed E-state index contributed by atoms with van der Waals surface area (Å²) < 4.78 is 5.89. The van der Waals surface area contributed by atoms with Crippen LogP contribution in [-0.2, 0) is 9.53 Å². The lowest BCUT2D eigenvalue weighted by atomic mass is 10.2. The molecule has 0 heterocycles. The third-order valence-electron chi connectivity index (χ3n) is 2.33. The van der Waals surface area contributed by atoms with E-state index in [4.69, 9.17) is 0 Å². The fraction of sp³-hybridized carbons (Fsp3) is 0.308. The quantitative estimate of drug-likeness (QED) is 0.506. The Morgan fingerprint density at radius 1 is 1.41 bits per heavy atom. The molecule has 0 bridgehead atoms. The van der Waals surface area contributed by atoms with E-state index in [1.807, 2.05) is 37.3 Å². The van der Waals surface area contributed by atoms with Crippen molar-refractivity contribution in [3.05, 3.63) is 39.5 Å². The average molecular weight is 345 g/mol. The molecule has 0 spiro atoms. The van der Waals surface area contributed by atoms with Crippen LogP contribution in [0.3, 0.4) is 0 Å². The maximum Gasteiger partial charge on any atom is 0.333 e. The molecule has 92 valence electrons. The molecule has 0 fully saturated rings. The summed E-state index contributed by atoms with van der Waals surface area (Å²) >= 11 is 2.26. The number of halogens is 1. The Balaban J connectivity index is 2.53. The van der Waals surface area contributed by atoms with Gasteiger partial charge in [0.25, 0.3) is 0 Å². The number of nitrogens with one attached hydrogen (secondary N) is 1. The summed E-state index contributed by atoms with van der Waals surface area (Å²) in [4.78, 5) is 11.3. The van der Waals surface area contributed by atoms with E-state index in [-0.39, 0.29) is 5.97 Å². The SMILES string of the molecule is CC/C(=C/CNc1ccc(I)cc1)C(=O)OC. The van der Waals surface area contributed by atoms with Crippen molar-refractivity contribution in [1.29, 1.82) is 0 Å². The third-order valence-corrected chi connectivity index (χ3v) is 3.05. The third kappa shape index (κ3) is 4.77. The van der Waals surface area contributed by atoms with Crippen LogP contribution < -0.4 is 5.32 Å². The van der Waals surface area contributed by atoms with Gasteiger partial charge in [0.1, 0.15) is 0 Å². The van der Waals surface area contributed by atoms with Crippen LogP contribution in [0, 0.1) is 3.57 Å². The molecule has 1 aromatic carbocycles. The highest BCUT2D eigenvalue weighted by Crippen LogP contribution is 2.11. The zero-order valence-corrected chi connectivity index (χ0v) is 12.2. The van der Waals surface area contributed by atoms with Crippen molar-refractivity contribution in [2.24, 2.45) is 0 Å². The topological polar surface area (TPSA) is 38.3 Å². The maximum atomic E-state index is 11.3. The van der Waals surface area contributed by atoms with E-state index in [1.165, 1.54) is 10.7 Å². The van der Waals surface area contributed by atoms with Gasteiger partial charge in [-0.3, -0.25) is 0 Å². The van der Waals surface area contributed by atoms with E-state index in [1.54, 1.807) is 0 Å². The highest BCUT2D eigenvalue weighted by atomic mass is 127. The zero-order chi connectivity index (χ0) is 12.7. The Hall–Kier alpha value is -1.04. The monoisotopic (exact) mass is 345 g/mol. The predicted octanol–water partition coefficient (Wildman–Crippen LogP) is 3.21. The van der Waals surface area contributed by atoms with Gasteiger partial charge in [0, 0.05) is 21.4 Å². The van der Waals surface area contributed by atoms with Crippen molar-refractivity contribution in [3.63, 3.8) is 0 Å². The molecule has 4 heteroatoms. The number of anilines is 1. The first-order chi connectivity index (χ1) is 8.17. The van der Waals surface area contributed by atoms with E-state index < -0.39 is 0 Å². The molecular weight excluding hydrogens is 329 g/mol. The molecule has 0 aromatic heterocycles. The van der Waals surface area contributed by atoms with Gasteiger partial charge in [-0.2, -0.15) is 0 Å². The fourth-order valence-electron chi connectivity index (χ4n) is 1.36. The number of methoxy groups -OCH3 is 1. The Labute approximate surface area is 115 Å². The second-order valence-electron chi connectivity index (χ2n) is 3.46. The van der Waals surface area contributed by atoms with Crippen LogP contribution in [0.4, 0.5) is 5.69 Å². The summed E-state index contributed by atoms with van der Waals surface area (Å²) in [5.74, 6) is -0.253. The lowest BCUT2D eigenvalue weighted by Crippen LogP contribution is -2.07. The van der Waals surface area contributed by atoms with Crippen LogP contribution in [0.2, 0.25) is 0 Å². The van der Waals surface area contributed by atoms with Crippen LogP contribution in [0.25, 0.3) is 0 Å². The summed E-state index contributed by atoms with van der Waals surface area (Å²) in [6.45, 7) is 2.56. The second-order valence-corrected chi connectivity index (χ2v) is 4.71. The van der Waals surface area contributed by atoms with Gasteiger partial charge in [0.2, 0.25) is 0 Å². The van der Waals surface area contributed by atoms with E-state index in [9.17, 15) is 4.79 Å². The molecule has 0 amide bonds. The lowest BCUT2D eigenvalue weighted by molar-refractivity contribution is -0.136. The number of rotatable bonds is 5. The fourth-order valence-corrected chi connectivity index (χ4v) is 1.72. The van der Waals surface area contributed by atoms with Crippen molar-refractivity contribution in [1.82, 2.24) is 0 Å². The molecule has 0 atom stereocenters. The smallest absolute Gasteiger partial charge is 0.333 e. The highest BCUT2D eigenvalue weighted by molar-refractivity contribution is 14.1. The predicted molar refractivity (Wildman–Crippen MR) is 78.0 cm³/mol. The van der Waals surface area contributed by atoms with E-state index >= 15 is 0 Å².